The van der Waals surface area contributed by atoms with E-state index < -0.39 is 0 Å². The molecule has 0 aliphatic rings. The molecule has 3 heteroatoms. The van der Waals surface area contributed by atoms with Crippen molar-refractivity contribution in [2.24, 2.45) is 0 Å². The van der Waals surface area contributed by atoms with Crippen molar-refractivity contribution in [1.82, 2.24) is 0 Å². The molecule has 12 heavy (non-hydrogen) atoms. The second kappa shape index (κ2) is 3.35. The van der Waals surface area contributed by atoms with Crippen LogP contribution in [0.1, 0.15) is 5.56 Å². The smallest absolute Gasteiger partial charge is 0.0954 e. The third-order valence-electron chi connectivity index (χ3n) is 1.88. The Bertz CT molecular complexity index is 238. The van der Waals surface area contributed by atoms with E-state index in [1.807, 2.05) is 0 Å². The Morgan fingerprint density at radius 1 is 1.08 bits per heavy atom. The van der Waals surface area contributed by atoms with Crippen LogP contribution in [-0.4, -0.2) is 28.2 Å². The molecule has 1 aromatic heterocycles. The predicted octanol–water partition coefficient (Wildman–Crippen LogP) is 2.19. The average molecular weight is 184 g/mol. The first-order valence-corrected chi connectivity index (χ1v) is 4.84. The van der Waals surface area contributed by atoms with E-state index in [0.29, 0.717) is 0 Å². The monoisotopic (exact) mass is 184 g/mol. The summed E-state index contributed by atoms with van der Waals surface area (Å²) < 4.78 is 0. The lowest BCUT2D eigenvalue weighted by Gasteiger charge is -2.14. The fourth-order valence-corrected chi connectivity index (χ4v) is 2.38. The Kier molecular flexibility index (Phi) is 2.62. The van der Waals surface area contributed by atoms with Gasteiger partial charge in [0.2, 0.25) is 0 Å². The molecule has 1 heterocycles. The fraction of sp³-hybridized carbons (Fsp3) is 0.556. The summed E-state index contributed by atoms with van der Waals surface area (Å²) in [6, 6.07) is 0. The van der Waals surface area contributed by atoms with Crippen LogP contribution < -0.4 is 9.80 Å². The van der Waals surface area contributed by atoms with Gasteiger partial charge in [-0.2, -0.15) is 0 Å². The van der Waals surface area contributed by atoms with Crippen LogP contribution in [0.2, 0.25) is 0 Å². The molecule has 0 N–H and O–H groups in total. The third-order valence-corrected chi connectivity index (χ3v) is 3.11. The van der Waals surface area contributed by atoms with Gasteiger partial charge in [0.05, 0.1) is 10.7 Å². The van der Waals surface area contributed by atoms with Crippen LogP contribution in [0.3, 0.4) is 0 Å². The minimum Gasteiger partial charge on any atom is -0.377 e. The van der Waals surface area contributed by atoms with E-state index in [1.165, 1.54) is 16.3 Å². The van der Waals surface area contributed by atoms with Crippen LogP contribution >= 0.6 is 11.3 Å². The molecule has 0 aliphatic carbocycles. The van der Waals surface area contributed by atoms with Gasteiger partial charge in [-0.15, -0.1) is 11.3 Å². The Hall–Kier alpha value is -0.700. The van der Waals surface area contributed by atoms with Crippen molar-refractivity contribution in [1.29, 1.82) is 0 Å². The summed E-state index contributed by atoms with van der Waals surface area (Å²) in [5.74, 6) is 0. The predicted molar refractivity (Wildman–Crippen MR) is 57.7 cm³/mol. The molecule has 2 nitrogen and oxygen atoms in total. The van der Waals surface area contributed by atoms with E-state index in [2.05, 4.69) is 50.3 Å². The summed E-state index contributed by atoms with van der Waals surface area (Å²) in [4.78, 5) is 4.31. The molecule has 0 fully saturated rings. The van der Waals surface area contributed by atoms with Gasteiger partial charge >= 0.3 is 0 Å². The summed E-state index contributed by atoms with van der Waals surface area (Å²) in [6.45, 7) is 2.17. The molecule has 0 amide bonds. The van der Waals surface area contributed by atoms with Crippen molar-refractivity contribution in [3.05, 3.63) is 10.9 Å². The Balaban J connectivity index is 3.04. The standard InChI is InChI=1S/C9H16N2S/c1-7-8(10(2)3)6-12-9(7)11(4)5/h6H,1-5H3. The highest BCUT2D eigenvalue weighted by Crippen LogP contribution is 2.34. The lowest BCUT2D eigenvalue weighted by atomic mass is 10.3. The number of thiophene rings is 1. The molecule has 0 aliphatic heterocycles. The Morgan fingerprint density at radius 3 is 1.92 bits per heavy atom. The lowest BCUT2D eigenvalue weighted by molar-refractivity contribution is 1.10. The molecule has 0 bridgehead atoms. The van der Waals surface area contributed by atoms with Crippen molar-refractivity contribution in [2.75, 3.05) is 38.0 Å². The first-order chi connectivity index (χ1) is 5.54. The second-order valence-corrected chi connectivity index (χ2v) is 4.20. The zero-order valence-electron chi connectivity index (χ0n) is 8.38. The highest BCUT2D eigenvalue weighted by atomic mass is 32.1. The van der Waals surface area contributed by atoms with E-state index >= 15 is 0 Å². The van der Waals surface area contributed by atoms with Gasteiger partial charge in [-0.25, -0.2) is 0 Å². The highest BCUT2D eigenvalue weighted by Gasteiger charge is 2.09. The summed E-state index contributed by atoms with van der Waals surface area (Å²) in [6.07, 6.45) is 0. The van der Waals surface area contributed by atoms with Gasteiger partial charge in [0.15, 0.2) is 0 Å². The van der Waals surface area contributed by atoms with Gasteiger partial charge < -0.3 is 9.80 Å². The number of anilines is 2. The zero-order valence-corrected chi connectivity index (χ0v) is 9.20. The highest BCUT2D eigenvalue weighted by molar-refractivity contribution is 7.14. The zero-order chi connectivity index (χ0) is 9.30. The lowest BCUT2D eigenvalue weighted by Crippen LogP contribution is -2.11. The van der Waals surface area contributed by atoms with Crippen molar-refractivity contribution in [3.8, 4) is 0 Å². The van der Waals surface area contributed by atoms with E-state index in [4.69, 9.17) is 0 Å². The number of nitrogens with zero attached hydrogens (tertiary/aromatic N) is 2. The number of rotatable bonds is 2. The van der Waals surface area contributed by atoms with E-state index in [0.717, 1.165) is 0 Å². The van der Waals surface area contributed by atoms with Gasteiger partial charge in [-0.05, 0) is 6.92 Å². The summed E-state index contributed by atoms with van der Waals surface area (Å²) in [5, 5.41) is 3.55. The Morgan fingerprint density at radius 2 is 1.67 bits per heavy atom. The molecule has 68 valence electrons. The van der Waals surface area contributed by atoms with Crippen molar-refractivity contribution < 1.29 is 0 Å². The summed E-state index contributed by atoms with van der Waals surface area (Å²) >= 11 is 1.80. The van der Waals surface area contributed by atoms with Gasteiger partial charge in [0.1, 0.15) is 0 Å². The maximum absolute atomic E-state index is 2.20. The molecule has 0 saturated heterocycles. The number of hydrogen-bond acceptors (Lipinski definition) is 3. The molecule has 1 aromatic rings. The summed E-state index contributed by atoms with van der Waals surface area (Å²) in [7, 11) is 8.32. The quantitative estimate of drug-likeness (QED) is 0.695. The fourth-order valence-electron chi connectivity index (χ4n) is 1.28. The molecule has 0 saturated carbocycles. The van der Waals surface area contributed by atoms with Crippen molar-refractivity contribution >= 4 is 22.0 Å². The minimum absolute atomic E-state index is 1.32. The minimum atomic E-state index is 1.32. The first kappa shape index (κ1) is 9.39. The van der Waals surface area contributed by atoms with Crippen LogP contribution in [0.15, 0.2) is 5.38 Å². The van der Waals surface area contributed by atoms with Gasteiger partial charge in [-0.1, -0.05) is 0 Å². The molecule has 1 rings (SSSR count). The van der Waals surface area contributed by atoms with Crippen LogP contribution in [0.4, 0.5) is 10.7 Å². The van der Waals surface area contributed by atoms with Crippen LogP contribution in [0.5, 0.6) is 0 Å². The molecule has 0 atom stereocenters. The van der Waals surface area contributed by atoms with Gasteiger partial charge in [0.25, 0.3) is 0 Å². The van der Waals surface area contributed by atoms with Crippen LogP contribution in [-0.2, 0) is 0 Å². The second-order valence-electron chi connectivity index (χ2n) is 3.34. The van der Waals surface area contributed by atoms with Crippen molar-refractivity contribution in [3.63, 3.8) is 0 Å². The maximum Gasteiger partial charge on any atom is 0.0954 e. The van der Waals surface area contributed by atoms with Crippen LogP contribution in [0.25, 0.3) is 0 Å². The molecular formula is C9H16N2S. The number of hydrogen-bond donors (Lipinski definition) is 0. The maximum atomic E-state index is 2.20. The van der Waals surface area contributed by atoms with Crippen molar-refractivity contribution in [2.45, 2.75) is 6.92 Å². The molecule has 0 spiro atoms. The van der Waals surface area contributed by atoms with Gasteiger partial charge in [-0.3, -0.25) is 0 Å². The topological polar surface area (TPSA) is 6.48 Å². The third kappa shape index (κ3) is 1.55. The van der Waals surface area contributed by atoms with Crippen LogP contribution in [0, 0.1) is 6.92 Å². The summed E-state index contributed by atoms with van der Waals surface area (Å²) in [5.41, 5.74) is 2.69. The van der Waals surface area contributed by atoms with Gasteiger partial charge in [0, 0.05) is 39.1 Å². The molecule has 0 unspecified atom stereocenters. The normalized spacial score (nSPS) is 10.1. The SMILES string of the molecule is Cc1c(N(C)C)csc1N(C)C. The largest absolute Gasteiger partial charge is 0.377 e. The average Bonchev–Trinajstić information content (AvgIpc) is 2.30. The van der Waals surface area contributed by atoms with E-state index in [1.54, 1.807) is 11.3 Å². The van der Waals surface area contributed by atoms with E-state index in [9.17, 15) is 0 Å². The van der Waals surface area contributed by atoms with E-state index in [-0.39, 0.29) is 0 Å². The first-order valence-electron chi connectivity index (χ1n) is 3.96. The molecule has 0 radical (unpaired) electrons. The Labute approximate surface area is 78.4 Å². The molecule has 0 aromatic carbocycles. The molecular weight excluding hydrogens is 168 g/mol.